The van der Waals surface area contributed by atoms with E-state index in [9.17, 15) is 4.79 Å². The lowest BCUT2D eigenvalue weighted by atomic mass is 10.1. The molecule has 0 saturated heterocycles. The molecule has 106 valence electrons. The fourth-order valence-corrected chi connectivity index (χ4v) is 1.71. The van der Waals surface area contributed by atoms with Gasteiger partial charge in [-0.15, -0.1) is 0 Å². The fraction of sp³-hybridized carbons (Fsp3) is 0.176. The lowest BCUT2D eigenvalue weighted by molar-refractivity contribution is 0.0734. The minimum Gasteiger partial charge on any atom is -0.494 e. The molecule has 0 atom stereocenters. The van der Waals surface area contributed by atoms with E-state index in [1.54, 1.807) is 42.5 Å². The third-order valence-electron chi connectivity index (χ3n) is 2.73. The number of carbonyl (C=O) groups excluding carboxylic acids is 1. The van der Waals surface area contributed by atoms with Gasteiger partial charge in [-0.3, -0.25) is 0 Å². The van der Waals surface area contributed by atoms with Crippen molar-refractivity contribution in [3.63, 3.8) is 0 Å². The molecule has 4 heteroatoms. The Morgan fingerprint density at radius 1 is 1.14 bits per heavy atom. The Bertz CT molecular complexity index is 656. The molecule has 0 saturated carbocycles. The van der Waals surface area contributed by atoms with Gasteiger partial charge >= 0.3 is 5.97 Å². The topological polar surface area (TPSA) is 59.3 Å². The Morgan fingerprint density at radius 2 is 1.86 bits per heavy atom. The number of carbonyl (C=O) groups is 1. The van der Waals surface area contributed by atoms with E-state index >= 15 is 0 Å². The van der Waals surface area contributed by atoms with Gasteiger partial charge in [0.05, 0.1) is 23.8 Å². The molecular weight excluding hydrogens is 266 g/mol. The molecule has 0 heterocycles. The van der Waals surface area contributed by atoms with E-state index in [0.717, 1.165) is 12.2 Å². The van der Waals surface area contributed by atoms with Gasteiger partial charge in [0, 0.05) is 0 Å². The summed E-state index contributed by atoms with van der Waals surface area (Å²) >= 11 is 0. The van der Waals surface area contributed by atoms with Gasteiger partial charge in [-0.1, -0.05) is 13.0 Å². The molecule has 21 heavy (non-hydrogen) atoms. The highest BCUT2D eigenvalue weighted by molar-refractivity contribution is 5.91. The second-order valence-electron chi connectivity index (χ2n) is 4.40. The summed E-state index contributed by atoms with van der Waals surface area (Å²) in [4.78, 5) is 12.0. The third kappa shape index (κ3) is 4.08. The molecule has 0 spiro atoms. The smallest absolute Gasteiger partial charge is 0.343 e. The number of nitriles is 1. The Kier molecular flexibility index (Phi) is 4.94. The zero-order chi connectivity index (χ0) is 15.1. The van der Waals surface area contributed by atoms with Crippen LogP contribution in [0.5, 0.6) is 11.5 Å². The van der Waals surface area contributed by atoms with Crippen LogP contribution in [0.3, 0.4) is 0 Å². The number of hydrogen-bond acceptors (Lipinski definition) is 4. The number of rotatable bonds is 5. The molecule has 0 bridgehead atoms. The minimum atomic E-state index is -0.491. The van der Waals surface area contributed by atoms with E-state index in [-0.39, 0.29) is 0 Å². The number of hydrogen-bond donors (Lipinski definition) is 0. The molecular formula is C17H15NO3. The minimum absolute atomic E-state index is 0.348. The van der Waals surface area contributed by atoms with Gasteiger partial charge in [-0.25, -0.2) is 4.79 Å². The highest BCUT2D eigenvalue weighted by atomic mass is 16.5. The summed E-state index contributed by atoms with van der Waals surface area (Å²) < 4.78 is 10.7. The summed E-state index contributed by atoms with van der Waals surface area (Å²) in [6.45, 7) is 2.69. The van der Waals surface area contributed by atoms with Crippen LogP contribution in [-0.2, 0) is 0 Å². The second-order valence-corrected chi connectivity index (χ2v) is 4.40. The van der Waals surface area contributed by atoms with Crippen LogP contribution in [0.2, 0.25) is 0 Å². The Balaban J connectivity index is 2.03. The molecule has 2 aromatic rings. The van der Waals surface area contributed by atoms with Crippen molar-refractivity contribution in [3.8, 4) is 17.6 Å². The molecule has 0 radical (unpaired) electrons. The number of ether oxygens (including phenoxy) is 2. The molecule has 0 aliphatic carbocycles. The normalized spacial score (nSPS) is 9.71. The van der Waals surface area contributed by atoms with Crippen LogP contribution in [0, 0.1) is 11.3 Å². The van der Waals surface area contributed by atoms with Crippen molar-refractivity contribution >= 4 is 5.97 Å². The van der Waals surface area contributed by atoms with E-state index in [1.807, 2.05) is 13.0 Å². The van der Waals surface area contributed by atoms with Gasteiger partial charge in [0.2, 0.25) is 0 Å². The molecule has 0 aliphatic heterocycles. The molecule has 0 unspecified atom stereocenters. The Labute approximate surface area is 123 Å². The molecule has 0 N–H and O–H groups in total. The van der Waals surface area contributed by atoms with E-state index in [4.69, 9.17) is 14.7 Å². The Hall–Kier alpha value is -2.80. The van der Waals surface area contributed by atoms with Gasteiger partial charge < -0.3 is 9.47 Å². The monoisotopic (exact) mass is 281 g/mol. The maximum absolute atomic E-state index is 12.0. The summed E-state index contributed by atoms with van der Waals surface area (Å²) in [7, 11) is 0. The van der Waals surface area contributed by atoms with Gasteiger partial charge in [0.1, 0.15) is 11.5 Å². The van der Waals surface area contributed by atoms with Crippen LogP contribution in [0.15, 0.2) is 48.5 Å². The van der Waals surface area contributed by atoms with Crippen molar-refractivity contribution in [3.05, 3.63) is 59.7 Å². The fourth-order valence-electron chi connectivity index (χ4n) is 1.71. The van der Waals surface area contributed by atoms with Gasteiger partial charge in [-0.2, -0.15) is 5.26 Å². The molecule has 0 aromatic heterocycles. The summed E-state index contributed by atoms with van der Waals surface area (Å²) in [6.07, 6.45) is 0.936. The quantitative estimate of drug-likeness (QED) is 0.621. The summed E-state index contributed by atoms with van der Waals surface area (Å²) in [6, 6.07) is 15.3. The van der Waals surface area contributed by atoms with Crippen LogP contribution < -0.4 is 9.47 Å². The first-order chi connectivity index (χ1) is 10.2. The average molecular weight is 281 g/mol. The van der Waals surface area contributed by atoms with Crippen molar-refractivity contribution in [2.75, 3.05) is 6.61 Å². The first-order valence-electron chi connectivity index (χ1n) is 6.68. The highest BCUT2D eigenvalue weighted by Crippen LogP contribution is 2.19. The molecule has 0 fully saturated rings. The predicted octanol–water partition coefficient (Wildman–Crippen LogP) is 3.57. The van der Waals surface area contributed by atoms with E-state index in [2.05, 4.69) is 0 Å². The molecule has 0 amide bonds. The molecule has 0 aliphatic rings. The third-order valence-corrected chi connectivity index (χ3v) is 2.73. The zero-order valence-corrected chi connectivity index (χ0v) is 11.7. The van der Waals surface area contributed by atoms with Crippen LogP contribution in [0.1, 0.15) is 29.3 Å². The SMILES string of the molecule is CCCOc1ccc(OC(=O)c2cccc(C#N)c2)cc1. The number of nitrogens with zero attached hydrogens (tertiary/aromatic N) is 1. The van der Waals surface area contributed by atoms with Crippen molar-refractivity contribution in [2.45, 2.75) is 13.3 Å². The summed E-state index contributed by atoms with van der Waals surface area (Å²) in [5.74, 6) is 0.684. The maximum atomic E-state index is 12.0. The maximum Gasteiger partial charge on any atom is 0.343 e. The van der Waals surface area contributed by atoms with Crippen molar-refractivity contribution in [1.29, 1.82) is 5.26 Å². The van der Waals surface area contributed by atoms with Crippen LogP contribution in [0.4, 0.5) is 0 Å². The van der Waals surface area contributed by atoms with Crippen molar-refractivity contribution in [1.82, 2.24) is 0 Å². The Morgan fingerprint density at radius 3 is 2.52 bits per heavy atom. The second kappa shape index (κ2) is 7.11. The summed E-state index contributed by atoms with van der Waals surface area (Å²) in [5, 5.41) is 8.82. The predicted molar refractivity (Wildman–Crippen MR) is 78.3 cm³/mol. The largest absolute Gasteiger partial charge is 0.494 e. The molecule has 2 aromatic carbocycles. The lowest BCUT2D eigenvalue weighted by Crippen LogP contribution is -2.08. The van der Waals surface area contributed by atoms with Gasteiger partial charge in [0.25, 0.3) is 0 Å². The van der Waals surface area contributed by atoms with Gasteiger partial charge in [-0.05, 0) is 48.9 Å². The first-order valence-corrected chi connectivity index (χ1v) is 6.68. The van der Waals surface area contributed by atoms with E-state index in [0.29, 0.717) is 23.5 Å². The van der Waals surface area contributed by atoms with Crippen molar-refractivity contribution < 1.29 is 14.3 Å². The van der Waals surface area contributed by atoms with Crippen LogP contribution in [-0.4, -0.2) is 12.6 Å². The van der Waals surface area contributed by atoms with E-state index in [1.165, 1.54) is 6.07 Å². The van der Waals surface area contributed by atoms with Gasteiger partial charge in [0.15, 0.2) is 0 Å². The molecule has 2 rings (SSSR count). The van der Waals surface area contributed by atoms with E-state index < -0.39 is 5.97 Å². The summed E-state index contributed by atoms with van der Waals surface area (Å²) in [5.41, 5.74) is 0.771. The van der Waals surface area contributed by atoms with Crippen molar-refractivity contribution in [2.24, 2.45) is 0 Å². The zero-order valence-electron chi connectivity index (χ0n) is 11.7. The standard InChI is InChI=1S/C17H15NO3/c1-2-10-20-15-6-8-16(9-7-15)21-17(19)14-5-3-4-13(11-14)12-18/h3-9,11H,2,10H2,1H3. The number of esters is 1. The average Bonchev–Trinajstić information content (AvgIpc) is 2.54. The first kappa shape index (κ1) is 14.6. The van der Waals surface area contributed by atoms with Crippen LogP contribution >= 0.6 is 0 Å². The molecule has 4 nitrogen and oxygen atoms in total. The number of benzene rings is 2. The highest BCUT2D eigenvalue weighted by Gasteiger charge is 2.09. The van der Waals surface area contributed by atoms with Crippen LogP contribution in [0.25, 0.3) is 0 Å². The lowest BCUT2D eigenvalue weighted by Gasteiger charge is -2.07.